The van der Waals surface area contributed by atoms with Crippen LogP contribution in [0.25, 0.3) is 0 Å². The summed E-state index contributed by atoms with van der Waals surface area (Å²) in [6.07, 6.45) is 1.46. The monoisotopic (exact) mass is 374 g/mol. The van der Waals surface area contributed by atoms with Crippen LogP contribution < -0.4 is 0 Å². The van der Waals surface area contributed by atoms with Crippen molar-refractivity contribution in [1.29, 1.82) is 0 Å². The van der Waals surface area contributed by atoms with Gasteiger partial charge in [0.1, 0.15) is 0 Å². The lowest BCUT2D eigenvalue weighted by Crippen LogP contribution is -2.47. The summed E-state index contributed by atoms with van der Waals surface area (Å²) in [7, 11) is 0. The second-order valence-electron chi connectivity index (χ2n) is 8.10. The number of hydrogen-bond acceptors (Lipinski definition) is 2. The Hall–Kier alpha value is -1.27. The molecular weight excluding hydrogens is 345 g/mol. The minimum atomic E-state index is -4.29. The first-order valence-electron chi connectivity index (χ1n) is 9.99. The molecule has 3 fully saturated rings. The van der Waals surface area contributed by atoms with Crippen LogP contribution in [-0.4, -0.2) is 54.0 Å². The van der Waals surface area contributed by atoms with Gasteiger partial charge in [-0.3, -0.25) is 9.59 Å². The van der Waals surface area contributed by atoms with Gasteiger partial charge in [0.2, 0.25) is 11.8 Å². The molecule has 1 aliphatic carbocycles. The minimum absolute atomic E-state index is 0.0701. The van der Waals surface area contributed by atoms with Crippen molar-refractivity contribution in [3.05, 3.63) is 0 Å². The number of nitrogens with zero attached hydrogens (tertiary/aromatic N) is 2. The molecule has 0 bridgehead atoms. The predicted molar refractivity (Wildman–Crippen MR) is 91.2 cm³/mol. The fraction of sp³-hybridized carbons (Fsp3) is 0.895. The highest BCUT2D eigenvalue weighted by Crippen LogP contribution is 2.42. The van der Waals surface area contributed by atoms with Crippen molar-refractivity contribution in [2.24, 2.45) is 17.8 Å². The zero-order valence-electron chi connectivity index (χ0n) is 15.3. The third-order valence-corrected chi connectivity index (χ3v) is 6.35. The summed E-state index contributed by atoms with van der Waals surface area (Å²) in [5.41, 5.74) is 0. The van der Waals surface area contributed by atoms with Crippen LogP contribution in [0, 0.1) is 17.8 Å². The fourth-order valence-corrected chi connectivity index (χ4v) is 4.75. The van der Waals surface area contributed by atoms with E-state index >= 15 is 0 Å². The molecule has 3 aliphatic rings. The minimum Gasteiger partial charge on any atom is -0.343 e. The Morgan fingerprint density at radius 3 is 2.04 bits per heavy atom. The molecule has 0 unspecified atom stereocenters. The van der Waals surface area contributed by atoms with Crippen LogP contribution in [0.3, 0.4) is 0 Å². The van der Waals surface area contributed by atoms with E-state index in [4.69, 9.17) is 0 Å². The molecule has 2 heterocycles. The zero-order chi connectivity index (χ0) is 18.7. The second-order valence-corrected chi connectivity index (χ2v) is 8.10. The average Bonchev–Trinajstić information content (AvgIpc) is 3.16. The molecule has 0 radical (unpaired) electrons. The molecule has 2 aliphatic heterocycles. The third kappa shape index (κ3) is 4.52. The van der Waals surface area contributed by atoms with Crippen molar-refractivity contribution in [2.45, 2.75) is 64.0 Å². The molecule has 148 valence electrons. The van der Waals surface area contributed by atoms with Gasteiger partial charge in [-0.1, -0.05) is 12.8 Å². The number of rotatable bonds is 3. The topological polar surface area (TPSA) is 40.6 Å². The van der Waals surface area contributed by atoms with Gasteiger partial charge < -0.3 is 9.80 Å². The number of carbonyl (C=O) groups excluding carboxylic acids is 2. The smallest absolute Gasteiger partial charge is 0.343 e. The lowest BCUT2D eigenvalue weighted by molar-refractivity contribution is -0.201. The lowest BCUT2D eigenvalue weighted by Gasteiger charge is -2.38. The van der Waals surface area contributed by atoms with E-state index in [0.717, 1.165) is 25.9 Å². The molecule has 0 aromatic carbocycles. The standard InChI is InChI=1S/C19H29F3N2O2/c20-19(21,22)16-6-2-1-5-15(16)18(26)24-11-7-14(8-12-24)13-17(25)23-9-3-4-10-23/h14-16H,1-13H2/t15-,16+/m0/s1. The summed E-state index contributed by atoms with van der Waals surface area (Å²) >= 11 is 0. The van der Waals surface area contributed by atoms with Crippen LogP contribution in [0.4, 0.5) is 13.2 Å². The Bertz CT molecular complexity index is 509. The van der Waals surface area contributed by atoms with Gasteiger partial charge in [-0.15, -0.1) is 0 Å². The summed E-state index contributed by atoms with van der Waals surface area (Å²) in [6.45, 7) is 2.66. The second kappa shape index (κ2) is 8.17. The fourth-order valence-electron chi connectivity index (χ4n) is 4.75. The van der Waals surface area contributed by atoms with E-state index in [2.05, 4.69) is 0 Å². The first-order valence-corrected chi connectivity index (χ1v) is 9.99. The number of alkyl halides is 3. The molecule has 2 atom stereocenters. The van der Waals surface area contributed by atoms with Gasteiger partial charge in [0.05, 0.1) is 5.92 Å². The van der Waals surface area contributed by atoms with Crippen LogP contribution in [-0.2, 0) is 9.59 Å². The molecule has 2 amide bonds. The summed E-state index contributed by atoms with van der Waals surface area (Å²) in [6, 6.07) is 0. The van der Waals surface area contributed by atoms with E-state index in [1.165, 1.54) is 0 Å². The maximum atomic E-state index is 13.3. The quantitative estimate of drug-likeness (QED) is 0.757. The van der Waals surface area contributed by atoms with Gasteiger partial charge in [0.15, 0.2) is 0 Å². The van der Waals surface area contributed by atoms with E-state index in [1.807, 2.05) is 4.90 Å². The van der Waals surface area contributed by atoms with Crippen LogP contribution in [0.1, 0.15) is 57.8 Å². The molecule has 7 heteroatoms. The van der Waals surface area contributed by atoms with Crippen molar-refractivity contribution in [1.82, 2.24) is 9.80 Å². The number of halogens is 3. The van der Waals surface area contributed by atoms with Crippen LogP contribution in [0.5, 0.6) is 0 Å². The van der Waals surface area contributed by atoms with Crippen molar-refractivity contribution in [3.8, 4) is 0 Å². The Morgan fingerprint density at radius 1 is 0.808 bits per heavy atom. The summed E-state index contributed by atoms with van der Waals surface area (Å²) in [4.78, 5) is 28.5. The average molecular weight is 374 g/mol. The zero-order valence-corrected chi connectivity index (χ0v) is 15.3. The normalized spacial score (nSPS) is 28.4. The molecule has 0 N–H and O–H groups in total. The maximum absolute atomic E-state index is 13.3. The Morgan fingerprint density at radius 2 is 1.42 bits per heavy atom. The summed E-state index contributed by atoms with van der Waals surface area (Å²) in [5.74, 6) is -2.28. The number of hydrogen-bond donors (Lipinski definition) is 0. The van der Waals surface area contributed by atoms with E-state index in [0.29, 0.717) is 51.6 Å². The molecular formula is C19H29F3N2O2. The maximum Gasteiger partial charge on any atom is 0.392 e. The van der Waals surface area contributed by atoms with E-state index in [-0.39, 0.29) is 24.2 Å². The van der Waals surface area contributed by atoms with Crippen LogP contribution in [0.15, 0.2) is 0 Å². The third-order valence-electron chi connectivity index (χ3n) is 6.35. The first-order chi connectivity index (χ1) is 12.4. The molecule has 0 spiro atoms. The summed E-state index contributed by atoms with van der Waals surface area (Å²) in [5, 5.41) is 0. The van der Waals surface area contributed by atoms with E-state index in [1.54, 1.807) is 4.90 Å². The first kappa shape index (κ1) is 19.5. The van der Waals surface area contributed by atoms with Gasteiger partial charge in [0.25, 0.3) is 0 Å². The molecule has 0 aromatic heterocycles. The highest BCUT2D eigenvalue weighted by Gasteiger charge is 2.49. The summed E-state index contributed by atoms with van der Waals surface area (Å²) < 4.78 is 39.8. The van der Waals surface area contributed by atoms with Gasteiger partial charge in [-0.2, -0.15) is 13.2 Å². The van der Waals surface area contributed by atoms with Gasteiger partial charge in [0, 0.05) is 38.5 Å². The Balaban J connectivity index is 1.50. The molecule has 3 rings (SSSR count). The Labute approximate surface area is 153 Å². The van der Waals surface area contributed by atoms with Crippen molar-refractivity contribution < 1.29 is 22.8 Å². The van der Waals surface area contributed by atoms with Crippen molar-refractivity contribution >= 4 is 11.8 Å². The van der Waals surface area contributed by atoms with Crippen molar-refractivity contribution in [3.63, 3.8) is 0 Å². The molecule has 4 nitrogen and oxygen atoms in total. The Kier molecular flexibility index (Phi) is 6.13. The van der Waals surface area contributed by atoms with E-state index < -0.39 is 18.0 Å². The number of amides is 2. The predicted octanol–water partition coefficient (Wildman–Crippen LogP) is 3.61. The van der Waals surface area contributed by atoms with Crippen LogP contribution in [0.2, 0.25) is 0 Å². The molecule has 26 heavy (non-hydrogen) atoms. The highest BCUT2D eigenvalue weighted by molar-refractivity contribution is 5.79. The number of carbonyl (C=O) groups is 2. The van der Waals surface area contributed by atoms with Crippen molar-refractivity contribution in [2.75, 3.05) is 26.2 Å². The molecule has 2 saturated heterocycles. The molecule has 1 saturated carbocycles. The largest absolute Gasteiger partial charge is 0.392 e. The van der Waals surface area contributed by atoms with Gasteiger partial charge in [-0.05, 0) is 44.4 Å². The van der Waals surface area contributed by atoms with E-state index in [9.17, 15) is 22.8 Å². The number of piperidine rings is 1. The molecule has 0 aromatic rings. The highest BCUT2D eigenvalue weighted by atomic mass is 19.4. The SMILES string of the molecule is O=C(CC1CCN(C(=O)[C@H]2CCCC[C@H]2C(F)(F)F)CC1)N1CCCC1. The number of likely N-dealkylation sites (tertiary alicyclic amines) is 2. The van der Waals surface area contributed by atoms with Gasteiger partial charge in [-0.25, -0.2) is 0 Å². The van der Waals surface area contributed by atoms with Crippen LogP contribution >= 0.6 is 0 Å². The van der Waals surface area contributed by atoms with Gasteiger partial charge >= 0.3 is 6.18 Å². The lowest BCUT2D eigenvalue weighted by atomic mass is 9.77.